The van der Waals surface area contributed by atoms with E-state index in [9.17, 15) is 13.2 Å². The SMILES string of the molecule is COCc1cccc(Oc2ccc(N)c(C(F)(F)F)c2)c1. The second kappa shape index (κ2) is 6.05. The topological polar surface area (TPSA) is 44.5 Å². The van der Waals surface area contributed by atoms with E-state index in [1.807, 2.05) is 6.07 Å². The summed E-state index contributed by atoms with van der Waals surface area (Å²) in [7, 11) is 1.56. The number of nitrogens with two attached hydrogens (primary N) is 1. The summed E-state index contributed by atoms with van der Waals surface area (Å²) >= 11 is 0. The van der Waals surface area contributed by atoms with Gasteiger partial charge in [-0.15, -0.1) is 0 Å². The van der Waals surface area contributed by atoms with Crippen molar-refractivity contribution >= 4 is 5.69 Å². The molecule has 2 N–H and O–H groups in total. The Morgan fingerprint density at radius 1 is 1.05 bits per heavy atom. The molecule has 21 heavy (non-hydrogen) atoms. The Bertz CT molecular complexity index is 627. The molecule has 0 amide bonds. The first-order valence-electron chi connectivity index (χ1n) is 6.12. The molecule has 2 rings (SSSR count). The normalized spacial score (nSPS) is 11.4. The molecule has 0 saturated heterocycles. The molecular formula is C15H14F3NO2. The van der Waals surface area contributed by atoms with Crippen molar-refractivity contribution in [1.29, 1.82) is 0 Å². The molecule has 0 aliphatic heterocycles. The van der Waals surface area contributed by atoms with E-state index in [0.29, 0.717) is 12.4 Å². The number of halogens is 3. The van der Waals surface area contributed by atoms with Crippen molar-refractivity contribution in [1.82, 2.24) is 0 Å². The molecule has 0 bridgehead atoms. The predicted molar refractivity (Wildman–Crippen MR) is 73.1 cm³/mol. The molecule has 0 unspecified atom stereocenters. The van der Waals surface area contributed by atoms with Crippen LogP contribution in [0, 0.1) is 0 Å². The largest absolute Gasteiger partial charge is 0.457 e. The molecule has 2 aromatic carbocycles. The number of hydrogen-bond donors (Lipinski definition) is 1. The van der Waals surface area contributed by atoms with Crippen LogP contribution in [0.15, 0.2) is 42.5 Å². The standard InChI is InChI=1S/C15H14F3NO2/c1-20-9-10-3-2-4-11(7-10)21-12-5-6-14(19)13(8-12)15(16,17)18/h2-8H,9,19H2,1H3. The van der Waals surface area contributed by atoms with E-state index >= 15 is 0 Å². The number of alkyl halides is 3. The Labute approximate surface area is 120 Å². The highest BCUT2D eigenvalue weighted by Gasteiger charge is 2.33. The summed E-state index contributed by atoms with van der Waals surface area (Å²) in [6.45, 7) is 0.396. The summed E-state index contributed by atoms with van der Waals surface area (Å²) in [6.07, 6.45) is -4.51. The molecule has 0 aliphatic carbocycles. The van der Waals surface area contributed by atoms with Gasteiger partial charge in [0.05, 0.1) is 12.2 Å². The van der Waals surface area contributed by atoms with Crippen molar-refractivity contribution in [3.63, 3.8) is 0 Å². The van der Waals surface area contributed by atoms with Crippen LogP contribution in [0.1, 0.15) is 11.1 Å². The summed E-state index contributed by atoms with van der Waals surface area (Å²) in [5, 5.41) is 0. The molecule has 0 spiro atoms. The van der Waals surface area contributed by atoms with Gasteiger partial charge in [-0.1, -0.05) is 12.1 Å². The van der Waals surface area contributed by atoms with Gasteiger partial charge in [-0.05, 0) is 35.9 Å². The lowest BCUT2D eigenvalue weighted by molar-refractivity contribution is -0.137. The van der Waals surface area contributed by atoms with Crippen molar-refractivity contribution in [3.8, 4) is 11.5 Å². The molecule has 3 nitrogen and oxygen atoms in total. The molecule has 2 aromatic rings. The summed E-state index contributed by atoms with van der Waals surface area (Å²) in [5.74, 6) is 0.508. The first-order valence-corrected chi connectivity index (χ1v) is 6.12. The number of anilines is 1. The molecule has 0 heterocycles. The molecule has 0 saturated carbocycles. The van der Waals surface area contributed by atoms with Crippen LogP contribution >= 0.6 is 0 Å². The smallest absolute Gasteiger partial charge is 0.418 e. The van der Waals surface area contributed by atoms with E-state index in [0.717, 1.165) is 11.6 Å². The Morgan fingerprint density at radius 2 is 1.76 bits per heavy atom. The van der Waals surface area contributed by atoms with Gasteiger partial charge in [-0.25, -0.2) is 0 Å². The van der Waals surface area contributed by atoms with Crippen molar-refractivity contribution in [2.45, 2.75) is 12.8 Å². The summed E-state index contributed by atoms with van der Waals surface area (Å²) in [6, 6.07) is 10.4. The second-order valence-corrected chi connectivity index (χ2v) is 4.43. The van der Waals surface area contributed by atoms with E-state index in [4.69, 9.17) is 15.2 Å². The predicted octanol–water partition coefficient (Wildman–Crippen LogP) is 4.23. The van der Waals surface area contributed by atoms with Crippen LogP contribution in [0.5, 0.6) is 11.5 Å². The average molecular weight is 297 g/mol. The molecule has 112 valence electrons. The maximum atomic E-state index is 12.8. The Hall–Kier alpha value is -2.21. The maximum absolute atomic E-state index is 12.8. The zero-order valence-electron chi connectivity index (χ0n) is 11.3. The fourth-order valence-corrected chi connectivity index (χ4v) is 1.85. The minimum atomic E-state index is -4.51. The van der Waals surface area contributed by atoms with Crippen LogP contribution in [0.4, 0.5) is 18.9 Å². The van der Waals surface area contributed by atoms with Crippen molar-refractivity contribution < 1.29 is 22.6 Å². The summed E-state index contributed by atoms with van der Waals surface area (Å²) < 4.78 is 48.8. The van der Waals surface area contributed by atoms with Gasteiger partial charge < -0.3 is 15.2 Å². The van der Waals surface area contributed by atoms with Gasteiger partial charge in [0.1, 0.15) is 11.5 Å². The van der Waals surface area contributed by atoms with E-state index in [2.05, 4.69) is 0 Å². The van der Waals surface area contributed by atoms with Gasteiger partial charge in [0, 0.05) is 12.8 Å². The van der Waals surface area contributed by atoms with Crippen LogP contribution < -0.4 is 10.5 Å². The molecule has 0 fully saturated rings. The quantitative estimate of drug-likeness (QED) is 0.859. The first kappa shape index (κ1) is 15.2. The average Bonchev–Trinajstić information content (AvgIpc) is 2.40. The lowest BCUT2D eigenvalue weighted by atomic mass is 10.1. The maximum Gasteiger partial charge on any atom is 0.418 e. The van der Waals surface area contributed by atoms with Gasteiger partial charge in [0.2, 0.25) is 0 Å². The van der Waals surface area contributed by atoms with Crippen molar-refractivity contribution in [2.24, 2.45) is 0 Å². The van der Waals surface area contributed by atoms with E-state index in [-0.39, 0.29) is 11.4 Å². The van der Waals surface area contributed by atoms with Crippen LogP contribution in [0.25, 0.3) is 0 Å². The minimum Gasteiger partial charge on any atom is -0.457 e. The second-order valence-electron chi connectivity index (χ2n) is 4.43. The Kier molecular flexibility index (Phi) is 4.37. The van der Waals surface area contributed by atoms with Gasteiger partial charge in [-0.2, -0.15) is 13.2 Å². The highest BCUT2D eigenvalue weighted by atomic mass is 19.4. The van der Waals surface area contributed by atoms with Gasteiger partial charge >= 0.3 is 6.18 Å². The molecular weight excluding hydrogens is 283 g/mol. The van der Waals surface area contributed by atoms with Crippen LogP contribution in [-0.4, -0.2) is 7.11 Å². The third-order valence-electron chi connectivity index (χ3n) is 2.78. The van der Waals surface area contributed by atoms with E-state index in [1.165, 1.54) is 12.1 Å². The third-order valence-corrected chi connectivity index (χ3v) is 2.78. The highest BCUT2D eigenvalue weighted by molar-refractivity contribution is 5.52. The molecule has 0 radical (unpaired) electrons. The molecule has 6 heteroatoms. The van der Waals surface area contributed by atoms with Crippen LogP contribution in [0.3, 0.4) is 0 Å². The zero-order valence-corrected chi connectivity index (χ0v) is 11.3. The van der Waals surface area contributed by atoms with E-state index in [1.54, 1.807) is 25.3 Å². The van der Waals surface area contributed by atoms with Crippen molar-refractivity contribution in [2.75, 3.05) is 12.8 Å². The Balaban J connectivity index is 2.26. The third kappa shape index (κ3) is 3.88. The first-order chi connectivity index (χ1) is 9.90. The number of methoxy groups -OCH3 is 1. The number of ether oxygens (including phenoxy) is 2. The van der Waals surface area contributed by atoms with Crippen LogP contribution in [0.2, 0.25) is 0 Å². The van der Waals surface area contributed by atoms with Crippen LogP contribution in [-0.2, 0) is 17.5 Å². The van der Waals surface area contributed by atoms with Gasteiger partial charge in [0.25, 0.3) is 0 Å². The summed E-state index contributed by atoms with van der Waals surface area (Å²) in [4.78, 5) is 0. The number of hydrogen-bond acceptors (Lipinski definition) is 3. The fraction of sp³-hybridized carbons (Fsp3) is 0.200. The fourth-order valence-electron chi connectivity index (χ4n) is 1.85. The highest BCUT2D eigenvalue weighted by Crippen LogP contribution is 2.36. The monoisotopic (exact) mass is 297 g/mol. The zero-order chi connectivity index (χ0) is 15.5. The molecule has 0 atom stereocenters. The summed E-state index contributed by atoms with van der Waals surface area (Å²) in [5.41, 5.74) is 4.96. The van der Waals surface area contributed by atoms with E-state index < -0.39 is 11.7 Å². The van der Waals surface area contributed by atoms with Crippen molar-refractivity contribution in [3.05, 3.63) is 53.6 Å². The lowest BCUT2D eigenvalue weighted by Crippen LogP contribution is -2.08. The van der Waals surface area contributed by atoms with Gasteiger partial charge in [0.15, 0.2) is 0 Å². The molecule has 0 aliphatic rings. The lowest BCUT2D eigenvalue weighted by Gasteiger charge is -2.13. The Morgan fingerprint density at radius 3 is 2.43 bits per heavy atom. The van der Waals surface area contributed by atoms with Gasteiger partial charge in [-0.3, -0.25) is 0 Å². The number of benzene rings is 2. The number of rotatable bonds is 4. The minimum absolute atomic E-state index is 0.0751. The number of nitrogen functional groups attached to an aromatic ring is 1. The molecule has 0 aromatic heterocycles.